The lowest BCUT2D eigenvalue weighted by atomic mass is 10.2. The summed E-state index contributed by atoms with van der Waals surface area (Å²) in [5.74, 6) is -0.557. The fourth-order valence-corrected chi connectivity index (χ4v) is 2.64. The molecule has 6 nitrogen and oxygen atoms in total. The van der Waals surface area contributed by atoms with Gasteiger partial charge >= 0.3 is 0 Å². The molecular formula is C13H18N2O4S. The van der Waals surface area contributed by atoms with Gasteiger partial charge < -0.3 is 5.32 Å². The van der Waals surface area contributed by atoms with Gasteiger partial charge in [0.25, 0.3) is 0 Å². The largest absolute Gasteiger partial charge is 0.310 e. The average molecular weight is 298 g/mol. The van der Waals surface area contributed by atoms with E-state index in [1.807, 2.05) is 0 Å². The Bertz CT molecular complexity index is 606. The molecular weight excluding hydrogens is 280 g/mol. The summed E-state index contributed by atoms with van der Waals surface area (Å²) in [6.07, 6.45) is 1.33. The highest BCUT2D eigenvalue weighted by Gasteiger charge is 2.30. The van der Waals surface area contributed by atoms with Crippen LogP contribution in [0.3, 0.4) is 0 Å². The molecule has 1 aromatic rings. The summed E-state index contributed by atoms with van der Waals surface area (Å²) in [4.78, 5) is 26.9. The molecule has 0 aromatic carbocycles. The van der Waals surface area contributed by atoms with Gasteiger partial charge in [0.15, 0.2) is 15.6 Å². The first-order valence-electron chi connectivity index (χ1n) is 6.16. The molecule has 0 saturated carbocycles. The summed E-state index contributed by atoms with van der Waals surface area (Å²) < 4.78 is 23.8. The number of carbonyl (C=O) groups is 2. The molecule has 0 fully saturated rings. The number of ketones is 1. The molecule has 1 rings (SSSR count). The van der Waals surface area contributed by atoms with E-state index in [9.17, 15) is 18.0 Å². The van der Waals surface area contributed by atoms with Crippen LogP contribution in [0.25, 0.3) is 0 Å². The Labute approximate surface area is 118 Å². The van der Waals surface area contributed by atoms with Gasteiger partial charge in [0.05, 0.1) is 5.25 Å². The zero-order valence-corrected chi connectivity index (χ0v) is 12.7. The molecule has 0 saturated heterocycles. The van der Waals surface area contributed by atoms with Crippen molar-refractivity contribution in [3.63, 3.8) is 0 Å². The van der Waals surface area contributed by atoms with Crippen molar-refractivity contribution < 1.29 is 18.0 Å². The summed E-state index contributed by atoms with van der Waals surface area (Å²) >= 11 is 0. The van der Waals surface area contributed by atoms with Crippen LogP contribution in [0.1, 0.15) is 38.1 Å². The average Bonchev–Trinajstić information content (AvgIpc) is 2.38. The zero-order valence-electron chi connectivity index (χ0n) is 11.9. The van der Waals surface area contributed by atoms with Crippen LogP contribution in [0.2, 0.25) is 0 Å². The number of aromatic nitrogens is 1. The van der Waals surface area contributed by atoms with Crippen molar-refractivity contribution in [2.45, 2.75) is 38.2 Å². The lowest BCUT2D eigenvalue weighted by molar-refractivity contribution is -0.115. The standard InChI is InChI=1S/C13H18N2O4S/c1-8(2)20(18,19)10(4)13(17)15-12-6-5-11(7-14-12)9(3)16/h5-8,10H,1-4H3,(H,14,15,17). The summed E-state index contributed by atoms with van der Waals surface area (Å²) in [6.45, 7) is 5.80. The van der Waals surface area contributed by atoms with E-state index < -0.39 is 26.2 Å². The van der Waals surface area contributed by atoms with Crippen LogP contribution in [0, 0.1) is 0 Å². The number of pyridine rings is 1. The molecule has 1 atom stereocenters. The van der Waals surface area contributed by atoms with E-state index >= 15 is 0 Å². The Balaban J connectivity index is 2.83. The van der Waals surface area contributed by atoms with E-state index in [4.69, 9.17) is 0 Å². The second-order valence-corrected chi connectivity index (χ2v) is 7.59. The van der Waals surface area contributed by atoms with Crippen LogP contribution in [0.4, 0.5) is 5.82 Å². The number of nitrogens with one attached hydrogen (secondary N) is 1. The van der Waals surface area contributed by atoms with E-state index in [1.165, 1.54) is 46.0 Å². The number of rotatable bonds is 5. The summed E-state index contributed by atoms with van der Waals surface area (Å²) in [6, 6.07) is 2.98. The monoisotopic (exact) mass is 298 g/mol. The number of sulfone groups is 1. The van der Waals surface area contributed by atoms with Crippen molar-refractivity contribution in [2.24, 2.45) is 0 Å². The molecule has 0 aliphatic rings. The molecule has 0 spiro atoms. The SMILES string of the molecule is CC(=O)c1ccc(NC(=O)C(C)S(=O)(=O)C(C)C)nc1. The second kappa shape index (κ2) is 6.13. The van der Waals surface area contributed by atoms with E-state index in [2.05, 4.69) is 10.3 Å². The van der Waals surface area contributed by atoms with Crippen LogP contribution in [-0.4, -0.2) is 35.6 Å². The number of carbonyl (C=O) groups excluding carboxylic acids is 2. The fourth-order valence-electron chi connectivity index (χ4n) is 1.46. The molecule has 7 heteroatoms. The van der Waals surface area contributed by atoms with Crippen LogP contribution in [0.15, 0.2) is 18.3 Å². The second-order valence-electron chi connectivity index (χ2n) is 4.76. The van der Waals surface area contributed by atoms with Crippen molar-refractivity contribution >= 4 is 27.3 Å². The lowest BCUT2D eigenvalue weighted by Crippen LogP contribution is -2.36. The van der Waals surface area contributed by atoms with Crippen molar-refractivity contribution in [3.05, 3.63) is 23.9 Å². The predicted octanol–water partition coefficient (Wildman–Crippen LogP) is 1.43. The van der Waals surface area contributed by atoms with Gasteiger partial charge in [-0.05, 0) is 39.8 Å². The first kappa shape index (κ1) is 16.3. The summed E-state index contributed by atoms with van der Waals surface area (Å²) in [7, 11) is -3.51. The van der Waals surface area contributed by atoms with Gasteiger partial charge in [-0.25, -0.2) is 13.4 Å². The number of hydrogen-bond acceptors (Lipinski definition) is 5. The molecule has 1 amide bonds. The number of Topliss-reactive ketones (excluding diaryl/α,β-unsaturated/α-hetero) is 1. The highest BCUT2D eigenvalue weighted by atomic mass is 32.2. The van der Waals surface area contributed by atoms with Gasteiger partial charge in [0.1, 0.15) is 11.1 Å². The maximum atomic E-state index is 11.9. The molecule has 0 aliphatic carbocycles. The lowest BCUT2D eigenvalue weighted by Gasteiger charge is -2.15. The Kier molecular flexibility index (Phi) is 4.99. The van der Waals surface area contributed by atoms with Crippen LogP contribution in [-0.2, 0) is 14.6 Å². The highest BCUT2D eigenvalue weighted by molar-refractivity contribution is 7.93. The van der Waals surface area contributed by atoms with Gasteiger partial charge in [-0.2, -0.15) is 0 Å². The van der Waals surface area contributed by atoms with Gasteiger partial charge in [0, 0.05) is 11.8 Å². The third kappa shape index (κ3) is 3.63. The molecule has 0 aliphatic heterocycles. The molecule has 20 heavy (non-hydrogen) atoms. The number of anilines is 1. The first-order chi connectivity index (χ1) is 9.16. The maximum Gasteiger partial charge on any atom is 0.243 e. The van der Waals surface area contributed by atoms with E-state index in [1.54, 1.807) is 0 Å². The van der Waals surface area contributed by atoms with Gasteiger partial charge in [-0.15, -0.1) is 0 Å². The maximum absolute atomic E-state index is 11.9. The normalized spacial score (nSPS) is 13.1. The number of hydrogen-bond donors (Lipinski definition) is 1. The van der Waals surface area contributed by atoms with Crippen molar-refractivity contribution in [1.29, 1.82) is 0 Å². The highest BCUT2D eigenvalue weighted by Crippen LogP contribution is 2.12. The van der Waals surface area contributed by atoms with E-state index in [0.717, 1.165) is 0 Å². The zero-order chi connectivity index (χ0) is 15.5. The van der Waals surface area contributed by atoms with Crippen molar-refractivity contribution in [2.75, 3.05) is 5.32 Å². The topological polar surface area (TPSA) is 93.2 Å². The minimum atomic E-state index is -3.51. The van der Waals surface area contributed by atoms with Crippen LogP contribution >= 0.6 is 0 Å². The fraction of sp³-hybridized carbons (Fsp3) is 0.462. The molecule has 0 radical (unpaired) electrons. The molecule has 1 aromatic heterocycles. The molecule has 1 unspecified atom stereocenters. The van der Waals surface area contributed by atoms with Crippen molar-refractivity contribution in [3.8, 4) is 0 Å². The van der Waals surface area contributed by atoms with Gasteiger partial charge in [0.2, 0.25) is 5.91 Å². The number of nitrogens with zero attached hydrogens (tertiary/aromatic N) is 1. The third-order valence-electron chi connectivity index (χ3n) is 2.94. The third-order valence-corrected chi connectivity index (χ3v) is 5.45. The van der Waals surface area contributed by atoms with Gasteiger partial charge in [-0.1, -0.05) is 0 Å². The summed E-state index contributed by atoms with van der Waals surface area (Å²) in [5.41, 5.74) is 0.422. The Morgan fingerprint density at radius 3 is 2.20 bits per heavy atom. The van der Waals surface area contributed by atoms with E-state index in [-0.39, 0.29) is 11.6 Å². The first-order valence-corrected chi connectivity index (χ1v) is 7.77. The van der Waals surface area contributed by atoms with Crippen LogP contribution < -0.4 is 5.32 Å². The number of amides is 1. The Hall–Kier alpha value is -1.76. The van der Waals surface area contributed by atoms with Gasteiger partial charge in [-0.3, -0.25) is 9.59 Å². The molecule has 1 heterocycles. The molecule has 1 N–H and O–H groups in total. The Morgan fingerprint density at radius 1 is 1.20 bits per heavy atom. The molecule has 110 valence electrons. The summed E-state index contributed by atoms with van der Waals surface area (Å²) in [5, 5.41) is 0.644. The van der Waals surface area contributed by atoms with Crippen molar-refractivity contribution in [1.82, 2.24) is 4.98 Å². The smallest absolute Gasteiger partial charge is 0.243 e. The van der Waals surface area contributed by atoms with E-state index in [0.29, 0.717) is 5.56 Å². The minimum Gasteiger partial charge on any atom is -0.310 e. The quantitative estimate of drug-likeness (QED) is 0.830. The van der Waals surface area contributed by atoms with Crippen LogP contribution in [0.5, 0.6) is 0 Å². The minimum absolute atomic E-state index is 0.133. The Morgan fingerprint density at radius 2 is 1.80 bits per heavy atom. The molecule has 0 bridgehead atoms. The predicted molar refractivity (Wildman–Crippen MR) is 76.4 cm³/mol.